The summed E-state index contributed by atoms with van der Waals surface area (Å²) < 4.78 is 17.1. The minimum Gasteiger partial charge on any atom is -0.493 e. The van der Waals surface area contributed by atoms with Crippen molar-refractivity contribution in [2.45, 2.75) is 13.3 Å². The number of hydrogen-bond acceptors (Lipinski definition) is 5. The standard InChI is InChI=1S/C27H25ClN2O4/c1-19-23(27(31)30(29-19)21-10-5-3-6-11-21)16-20-17-24(28)26(25(18-20)32-2)34-15-9-14-33-22-12-7-4-8-13-22/h3-8,10-13,16-18H,9,14-15H2,1-2H3/b23-16+. The third-order valence-electron chi connectivity index (χ3n) is 5.17. The molecule has 0 saturated heterocycles. The van der Waals surface area contributed by atoms with Crippen molar-refractivity contribution < 1.29 is 19.0 Å². The zero-order valence-corrected chi connectivity index (χ0v) is 19.8. The lowest BCUT2D eigenvalue weighted by molar-refractivity contribution is -0.114. The largest absolute Gasteiger partial charge is 0.493 e. The topological polar surface area (TPSA) is 60.4 Å². The molecule has 4 rings (SSSR count). The molecule has 7 heteroatoms. The van der Waals surface area contributed by atoms with E-state index in [-0.39, 0.29) is 5.91 Å². The van der Waals surface area contributed by atoms with E-state index in [0.717, 1.165) is 11.3 Å². The maximum absolute atomic E-state index is 13.0. The quantitative estimate of drug-likeness (QED) is 0.280. The SMILES string of the molecule is COc1cc(/C=C2/C(=O)N(c3ccccc3)N=C2C)cc(Cl)c1OCCCOc1ccccc1. The van der Waals surface area contributed by atoms with Crippen LogP contribution in [-0.4, -0.2) is 31.9 Å². The van der Waals surface area contributed by atoms with Crippen LogP contribution in [0.5, 0.6) is 17.2 Å². The summed E-state index contributed by atoms with van der Waals surface area (Å²) in [5, 5.41) is 6.21. The van der Waals surface area contributed by atoms with Crippen molar-refractivity contribution in [1.82, 2.24) is 0 Å². The predicted octanol–water partition coefficient (Wildman–Crippen LogP) is 6.00. The number of carbonyl (C=O) groups excluding carboxylic acids is 1. The van der Waals surface area contributed by atoms with Crippen molar-refractivity contribution in [1.29, 1.82) is 0 Å². The smallest absolute Gasteiger partial charge is 0.280 e. The molecule has 0 N–H and O–H groups in total. The molecule has 3 aromatic carbocycles. The number of anilines is 1. The molecule has 1 aliphatic rings. The van der Waals surface area contributed by atoms with Crippen molar-refractivity contribution in [2.75, 3.05) is 25.3 Å². The van der Waals surface area contributed by atoms with Gasteiger partial charge in [-0.25, -0.2) is 0 Å². The third-order valence-corrected chi connectivity index (χ3v) is 5.45. The molecular formula is C27H25ClN2O4. The lowest BCUT2D eigenvalue weighted by Gasteiger charge is -2.14. The van der Waals surface area contributed by atoms with Gasteiger partial charge in [-0.15, -0.1) is 0 Å². The zero-order valence-electron chi connectivity index (χ0n) is 19.0. The fraction of sp³-hybridized carbons (Fsp3) is 0.185. The highest BCUT2D eigenvalue weighted by Gasteiger charge is 2.28. The molecular weight excluding hydrogens is 452 g/mol. The Balaban J connectivity index is 1.44. The fourth-order valence-corrected chi connectivity index (χ4v) is 3.77. The number of halogens is 1. The van der Waals surface area contributed by atoms with E-state index in [1.165, 1.54) is 5.01 Å². The number of hydrazone groups is 1. The molecule has 174 valence electrons. The Labute approximate surface area is 204 Å². The number of methoxy groups -OCH3 is 1. The van der Waals surface area contributed by atoms with E-state index >= 15 is 0 Å². The number of nitrogens with zero attached hydrogens (tertiary/aromatic N) is 2. The molecule has 0 bridgehead atoms. The summed E-state index contributed by atoms with van der Waals surface area (Å²) in [6.45, 7) is 2.74. The van der Waals surface area contributed by atoms with Gasteiger partial charge in [-0.2, -0.15) is 10.1 Å². The molecule has 0 aliphatic carbocycles. The van der Waals surface area contributed by atoms with Gasteiger partial charge in [-0.3, -0.25) is 4.79 Å². The van der Waals surface area contributed by atoms with Crippen molar-refractivity contribution in [3.63, 3.8) is 0 Å². The first-order chi connectivity index (χ1) is 16.6. The van der Waals surface area contributed by atoms with E-state index < -0.39 is 0 Å². The number of rotatable bonds is 9. The Morgan fingerprint density at radius 3 is 2.35 bits per heavy atom. The summed E-state index contributed by atoms with van der Waals surface area (Å²) in [7, 11) is 1.55. The highest BCUT2D eigenvalue weighted by atomic mass is 35.5. The maximum Gasteiger partial charge on any atom is 0.280 e. The fourth-order valence-electron chi connectivity index (χ4n) is 3.50. The average Bonchev–Trinajstić information content (AvgIpc) is 3.14. The molecule has 34 heavy (non-hydrogen) atoms. The van der Waals surface area contributed by atoms with Gasteiger partial charge in [0, 0.05) is 6.42 Å². The maximum atomic E-state index is 13.0. The van der Waals surface area contributed by atoms with Crippen molar-refractivity contribution in [3.8, 4) is 17.2 Å². The Kier molecular flexibility index (Phi) is 7.50. The van der Waals surface area contributed by atoms with E-state index in [4.69, 9.17) is 25.8 Å². The molecule has 0 atom stereocenters. The van der Waals surface area contributed by atoms with Crippen LogP contribution < -0.4 is 19.2 Å². The van der Waals surface area contributed by atoms with Gasteiger partial charge in [0.1, 0.15) is 5.75 Å². The number of benzene rings is 3. The van der Waals surface area contributed by atoms with E-state index in [9.17, 15) is 4.79 Å². The number of ether oxygens (including phenoxy) is 3. The highest BCUT2D eigenvalue weighted by Crippen LogP contribution is 2.37. The zero-order chi connectivity index (χ0) is 23.9. The minimum absolute atomic E-state index is 0.197. The summed E-state index contributed by atoms with van der Waals surface area (Å²) in [5.41, 5.74) is 2.55. The minimum atomic E-state index is -0.197. The lowest BCUT2D eigenvalue weighted by Crippen LogP contribution is -2.21. The molecule has 0 fully saturated rings. The van der Waals surface area contributed by atoms with Gasteiger partial charge < -0.3 is 14.2 Å². The van der Waals surface area contributed by atoms with Crippen LogP contribution in [0.15, 0.2) is 83.5 Å². The molecule has 0 spiro atoms. The van der Waals surface area contributed by atoms with E-state index in [1.54, 1.807) is 32.2 Å². The molecule has 1 amide bonds. The normalized spacial score (nSPS) is 14.3. The van der Waals surface area contributed by atoms with Gasteiger partial charge in [0.05, 0.1) is 42.3 Å². The number of carbonyl (C=O) groups is 1. The second kappa shape index (κ2) is 10.9. The van der Waals surface area contributed by atoms with Gasteiger partial charge in [0.2, 0.25) is 0 Å². The molecule has 1 aliphatic heterocycles. The Morgan fingerprint density at radius 1 is 0.971 bits per heavy atom. The molecule has 0 unspecified atom stereocenters. The number of para-hydroxylation sites is 2. The van der Waals surface area contributed by atoms with Crippen LogP contribution in [0.3, 0.4) is 0 Å². The molecule has 6 nitrogen and oxygen atoms in total. The molecule has 0 radical (unpaired) electrons. The summed E-state index contributed by atoms with van der Waals surface area (Å²) in [5.74, 6) is 1.57. The van der Waals surface area contributed by atoms with E-state index in [0.29, 0.717) is 53.1 Å². The second-order valence-corrected chi connectivity index (χ2v) is 8.00. The first-order valence-electron chi connectivity index (χ1n) is 10.9. The predicted molar refractivity (Wildman–Crippen MR) is 135 cm³/mol. The number of hydrogen-bond donors (Lipinski definition) is 0. The first-order valence-corrected chi connectivity index (χ1v) is 11.3. The Morgan fingerprint density at radius 2 is 1.65 bits per heavy atom. The van der Waals surface area contributed by atoms with E-state index in [2.05, 4.69) is 5.10 Å². The first kappa shape index (κ1) is 23.4. The van der Waals surface area contributed by atoms with Gasteiger partial charge >= 0.3 is 0 Å². The van der Waals surface area contributed by atoms with Crippen LogP contribution in [0.2, 0.25) is 5.02 Å². The van der Waals surface area contributed by atoms with Crippen molar-refractivity contribution >= 4 is 35.0 Å². The van der Waals surface area contributed by atoms with Crippen LogP contribution in [-0.2, 0) is 4.79 Å². The molecule has 0 saturated carbocycles. The molecule has 3 aromatic rings. The summed E-state index contributed by atoms with van der Waals surface area (Å²) in [4.78, 5) is 13.0. The summed E-state index contributed by atoms with van der Waals surface area (Å²) in [6.07, 6.45) is 2.44. The van der Waals surface area contributed by atoms with Crippen molar-refractivity contribution in [3.05, 3.63) is 89.0 Å². The third kappa shape index (κ3) is 5.41. The molecule has 1 heterocycles. The van der Waals surface area contributed by atoms with Crippen molar-refractivity contribution in [2.24, 2.45) is 5.10 Å². The van der Waals surface area contributed by atoms with Crippen LogP contribution >= 0.6 is 11.6 Å². The van der Waals surface area contributed by atoms with Crippen LogP contribution in [0, 0.1) is 0 Å². The van der Waals surface area contributed by atoms with Gasteiger partial charge in [-0.05, 0) is 55.0 Å². The highest BCUT2D eigenvalue weighted by molar-refractivity contribution is 6.33. The Bertz CT molecular complexity index is 1210. The van der Waals surface area contributed by atoms with Gasteiger partial charge in [0.25, 0.3) is 5.91 Å². The second-order valence-electron chi connectivity index (χ2n) is 7.59. The average molecular weight is 477 g/mol. The van der Waals surface area contributed by atoms with Gasteiger partial charge in [0.15, 0.2) is 11.5 Å². The monoisotopic (exact) mass is 476 g/mol. The van der Waals surface area contributed by atoms with Gasteiger partial charge in [-0.1, -0.05) is 48.0 Å². The Hall–Kier alpha value is -3.77. The lowest BCUT2D eigenvalue weighted by atomic mass is 10.1. The number of amides is 1. The van der Waals surface area contributed by atoms with Crippen LogP contribution in [0.4, 0.5) is 5.69 Å². The van der Waals surface area contributed by atoms with E-state index in [1.807, 2.05) is 60.7 Å². The summed E-state index contributed by atoms with van der Waals surface area (Å²) in [6, 6.07) is 22.5. The molecule has 0 aromatic heterocycles. The van der Waals surface area contributed by atoms with Crippen LogP contribution in [0.25, 0.3) is 6.08 Å². The van der Waals surface area contributed by atoms with Crippen LogP contribution in [0.1, 0.15) is 18.9 Å². The summed E-state index contributed by atoms with van der Waals surface area (Å²) >= 11 is 6.51.